The van der Waals surface area contributed by atoms with Gasteiger partial charge in [-0.25, -0.2) is 0 Å². The van der Waals surface area contributed by atoms with Crippen molar-refractivity contribution in [2.24, 2.45) is 0 Å². The number of halogens is 1. The molecule has 0 bridgehead atoms. The molecule has 120 valence electrons. The molecule has 2 nitrogen and oxygen atoms in total. The van der Waals surface area contributed by atoms with Crippen molar-refractivity contribution in [1.29, 1.82) is 0 Å². The third-order valence-electron chi connectivity index (χ3n) is 3.91. The maximum atomic E-state index is 6.21. The first kappa shape index (κ1) is 17.9. The number of fused-ring (bicyclic) bond motifs is 1. The van der Waals surface area contributed by atoms with Gasteiger partial charge in [0.05, 0.1) is 5.56 Å². The number of anilines is 1. The largest absolute Gasteiger partial charge is 1.00 e. The van der Waals surface area contributed by atoms with Crippen molar-refractivity contribution < 1.29 is 28.5 Å². The van der Waals surface area contributed by atoms with Crippen LogP contribution in [-0.2, 0) is 6.54 Å². The van der Waals surface area contributed by atoms with Crippen LogP contribution < -0.4 is 34.3 Å². The molecule has 0 unspecified atom stereocenters. The molecule has 1 aromatic heterocycles. The van der Waals surface area contributed by atoms with Gasteiger partial charge in [-0.15, -0.1) is 0 Å². The molecule has 3 rings (SSSR count). The lowest BCUT2D eigenvalue weighted by Crippen LogP contribution is -3.00. The first-order valence-corrected chi connectivity index (χ1v) is 8.50. The minimum absolute atomic E-state index is 0. The van der Waals surface area contributed by atoms with Crippen molar-refractivity contribution in [3.8, 4) is 11.1 Å². The molecule has 0 aliphatic heterocycles. The van der Waals surface area contributed by atoms with Crippen LogP contribution in [0.3, 0.4) is 0 Å². The van der Waals surface area contributed by atoms with Gasteiger partial charge in [0.2, 0.25) is 5.52 Å². The van der Waals surface area contributed by atoms with Gasteiger partial charge in [-0.05, 0) is 18.2 Å². The lowest BCUT2D eigenvalue weighted by atomic mass is 10.0. The molecule has 0 atom stereocenters. The second kappa shape index (κ2) is 7.93. The second-order valence-electron chi connectivity index (χ2n) is 5.39. The van der Waals surface area contributed by atoms with Crippen LogP contribution >= 0.6 is 11.3 Å². The predicted molar refractivity (Wildman–Crippen MR) is 96.9 cm³/mol. The number of nitrogen functional groups attached to an aromatic ring is 1. The normalized spacial score (nSPS) is 10.5. The summed E-state index contributed by atoms with van der Waals surface area (Å²) in [5.74, 6) is 0. The molecule has 0 saturated heterocycles. The molecule has 2 N–H and O–H groups in total. The number of rotatable bonds is 5. The van der Waals surface area contributed by atoms with Gasteiger partial charge in [-0.3, -0.25) is 0 Å². The fraction of sp³-hybridized carbons (Fsp3) is 0.211. The van der Waals surface area contributed by atoms with Crippen molar-refractivity contribution in [2.45, 2.75) is 26.3 Å². The molecule has 0 spiro atoms. The third-order valence-corrected chi connectivity index (χ3v) is 5.06. The van der Waals surface area contributed by atoms with Crippen molar-refractivity contribution >= 4 is 33.3 Å². The van der Waals surface area contributed by atoms with E-state index in [0.717, 1.165) is 24.2 Å². The highest BCUT2D eigenvalue weighted by Gasteiger charge is 2.22. The Hall–Kier alpha value is -1.40. The summed E-state index contributed by atoms with van der Waals surface area (Å²) in [6.07, 6.45) is 4.30. The SMILES string of the molecule is C=Cc1sc2cccc(-c3ccccc3N)c2[n+]1CCCC.[I-]. The smallest absolute Gasteiger partial charge is 0.262 e. The number of unbranched alkanes of at least 4 members (excludes halogenated alkanes) is 1. The molecule has 0 radical (unpaired) electrons. The highest BCUT2D eigenvalue weighted by Crippen LogP contribution is 2.33. The summed E-state index contributed by atoms with van der Waals surface area (Å²) in [6.45, 7) is 7.22. The van der Waals surface area contributed by atoms with E-state index in [-0.39, 0.29) is 24.0 Å². The third kappa shape index (κ3) is 3.43. The van der Waals surface area contributed by atoms with Gasteiger partial charge in [0.25, 0.3) is 5.01 Å². The molecule has 1 heterocycles. The van der Waals surface area contributed by atoms with Crippen LogP contribution in [0.5, 0.6) is 0 Å². The van der Waals surface area contributed by atoms with Gasteiger partial charge in [0, 0.05) is 23.7 Å². The lowest BCUT2D eigenvalue weighted by Gasteiger charge is -2.06. The van der Waals surface area contributed by atoms with E-state index in [1.807, 2.05) is 24.3 Å². The van der Waals surface area contributed by atoms with E-state index >= 15 is 0 Å². The minimum Gasteiger partial charge on any atom is -1.00 e. The summed E-state index contributed by atoms with van der Waals surface area (Å²) in [5.41, 5.74) is 10.6. The highest BCUT2D eigenvalue weighted by molar-refractivity contribution is 7.18. The summed E-state index contributed by atoms with van der Waals surface area (Å²) in [7, 11) is 0. The molecule has 0 amide bonds. The van der Waals surface area contributed by atoms with E-state index in [4.69, 9.17) is 5.73 Å². The average molecular weight is 436 g/mol. The maximum absolute atomic E-state index is 6.21. The standard InChI is InChI=1S/C19H21N2S.HI/c1-3-5-13-21-18(4-2)22-17-12-8-10-15(19(17)21)14-9-6-7-11-16(14)20;/h4,6-12H,2-3,5,13,20H2,1H3;1H/q+1;/p-1. The van der Waals surface area contributed by atoms with Crippen molar-refractivity contribution in [2.75, 3.05) is 5.73 Å². The van der Waals surface area contributed by atoms with Gasteiger partial charge < -0.3 is 29.7 Å². The number of hydrogen-bond acceptors (Lipinski definition) is 2. The molecule has 4 heteroatoms. The van der Waals surface area contributed by atoms with Crippen LogP contribution in [0.15, 0.2) is 49.0 Å². The molecule has 2 aromatic carbocycles. The number of hydrogen-bond donors (Lipinski definition) is 1. The summed E-state index contributed by atoms with van der Waals surface area (Å²) < 4.78 is 3.67. The molecule has 0 aliphatic rings. The van der Waals surface area contributed by atoms with Crippen LogP contribution in [0.1, 0.15) is 24.8 Å². The quantitative estimate of drug-likeness (QED) is 0.370. The Morgan fingerprint density at radius 3 is 2.57 bits per heavy atom. The molecular weight excluding hydrogens is 415 g/mol. The van der Waals surface area contributed by atoms with Crippen LogP contribution in [0.25, 0.3) is 27.4 Å². The van der Waals surface area contributed by atoms with E-state index < -0.39 is 0 Å². The molecule has 0 fully saturated rings. The molecule has 3 aromatic rings. The highest BCUT2D eigenvalue weighted by atomic mass is 127. The van der Waals surface area contributed by atoms with Crippen LogP contribution in [0.4, 0.5) is 5.69 Å². The summed E-state index contributed by atoms with van der Waals surface area (Å²) in [6, 6.07) is 14.5. The van der Waals surface area contributed by atoms with Gasteiger partial charge in [-0.1, -0.05) is 55.5 Å². The number of para-hydroxylation sites is 2. The Labute approximate surface area is 158 Å². The predicted octanol–water partition coefficient (Wildman–Crippen LogP) is 1.89. The Bertz CT molecular complexity index is 823. The molecular formula is C19H21IN2S. The van der Waals surface area contributed by atoms with E-state index in [9.17, 15) is 0 Å². The average Bonchev–Trinajstić information content (AvgIpc) is 2.91. The number of nitrogens with zero attached hydrogens (tertiary/aromatic N) is 1. The fourth-order valence-corrected chi connectivity index (χ4v) is 3.88. The Balaban J connectivity index is 0.00000192. The summed E-state index contributed by atoms with van der Waals surface area (Å²) in [4.78, 5) is 0. The Kier molecular flexibility index (Phi) is 6.18. The zero-order chi connectivity index (χ0) is 15.5. The topological polar surface area (TPSA) is 29.9 Å². The van der Waals surface area contributed by atoms with Gasteiger partial charge in [0.15, 0.2) is 6.54 Å². The Morgan fingerprint density at radius 2 is 1.87 bits per heavy atom. The first-order chi connectivity index (χ1) is 10.8. The molecule has 23 heavy (non-hydrogen) atoms. The zero-order valence-corrected chi connectivity index (χ0v) is 16.2. The van der Waals surface area contributed by atoms with Gasteiger partial charge in [0.1, 0.15) is 4.70 Å². The zero-order valence-electron chi connectivity index (χ0n) is 13.3. The van der Waals surface area contributed by atoms with E-state index in [0.29, 0.717) is 0 Å². The second-order valence-corrected chi connectivity index (χ2v) is 6.45. The molecule has 0 aliphatic carbocycles. The van der Waals surface area contributed by atoms with Gasteiger partial charge in [-0.2, -0.15) is 4.57 Å². The number of thiazole rings is 1. The number of aryl methyl sites for hydroxylation is 1. The van der Waals surface area contributed by atoms with E-state index in [1.54, 1.807) is 11.3 Å². The van der Waals surface area contributed by atoms with Crippen molar-refractivity contribution in [3.05, 3.63) is 54.1 Å². The fourth-order valence-electron chi connectivity index (χ4n) is 2.81. The van der Waals surface area contributed by atoms with Crippen LogP contribution in [-0.4, -0.2) is 0 Å². The van der Waals surface area contributed by atoms with E-state index in [2.05, 4.69) is 42.3 Å². The first-order valence-electron chi connectivity index (χ1n) is 7.69. The Morgan fingerprint density at radius 1 is 1.13 bits per heavy atom. The monoisotopic (exact) mass is 436 g/mol. The van der Waals surface area contributed by atoms with Gasteiger partial charge >= 0.3 is 0 Å². The van der Waals surface area contributed by atoms with E-state index in [1.165, 1.54) is 27.2 Å². The number of nitrogens with two attached hydrogens (primary N) is 1. The number of benzene rings is 2. The van der Waals surface area contributed by atoms with Crippen molar-refractivity contribution in [1.82, 2.24) is 0 Å². The summed E-state index contributed by atoms with van der Waals surface area (Å²) >= 11 is 1.79. The molecule has 0 saturated carbocycles. The maximum Gasteiger partial charge on any atom is 0.262 e. The lowest BCUT2D eigenvalue weighted by molar-refractivity contribution is -0.668. The van der Waals surface area contributed by atoms with Crippen LogP contribution in [0.2, 0.25) is 0 Å². The minimum atomic E-state index is 0. The summed E-state index contributed by atoms with van der Waals surface area (Å²) in [5, 5.41) is 1.21. The number of aromatic nitrogens is 1. The van der Waals surface area contributed by atoms with Crippen LogP contribution in [0, 0.1) is 0 Å². The van der Waals surface area contributed by atoms with Crippen molar-refractivity contribution in [3.63, 3.8) is 0 Å².